The third kappa shape index (κ3) is 4.62. The third-order valence-corrected chi connectivity index (χ3v) is 6.44. The van der Waals surface area contributed by atoms with Gasteiger partial charge in [0, 0.05) is 21.9 Å². The number of benzene rings is 2. The highest BCUT2D eigenvalue weighted by molar-refractivity contribution is 7.99. The molecule has 1 heterocycles. The first-order valence-electron chi connectivity index (χ1n) is 8.32. The molecule has 13 heteroatoms. The molecule has 9 nitrogen and oxygen atoms in total. The molecule has 0 aliphatic carbocycles. The number of hydrogen-bond acceptors (Lipinski definition) is 6. The van der Waals surface area contributed by atoms with Gasteiger partial charge in [0.1, 0.15) is 0 Å². The van der Waals surface area contributed by atoms with E-state index in [0.29, 0.717) is 9.79 Å². The first kappa shape index (κ1) is 22.9. The third-order valence-electron chi connectivity index (χ3n) is 3.98. The van der Waals surface area contributed by atoms with Gasteiger partial charge < -0.3 is 0 Å². The summed E-state index contributed by atoms with van der Waals surface area (Å²) in [4.78, 5) is 49.9. The molecule has 0 amide bonds. The second-order valence-electron chi connectivity index (χ2n) is 5.97. The molecular weight excluding hydrogens is 491 g/mol. The number of non-ortho nitro benzene ring substituents is 1. The topological polar surface area (TPSA) is 120 Å². The largest absolute Gasteiger partial charge is 0.341 e. The summed E-state index contributed by atoms with van der Waals surface area (Å²) in [5.74, 6) is 0. The van der Waals surface area contributed by atoms with Gasteiger partial charge in [-0.25, -0.2) is 23.5 Å². The Bertz CT molecular complexity index is 1370. The lowest BCUT2D eigenvalue weighted by molar-refractivity contribution is -0.384. The van der Waals surface area contributed by atoms with Crippen molar-refractivity contribution in [3.63, 3.8) is 0 Å². The Labute approximate surface area is 192 Å². The van der Waals surface area contributed by atoms with Gasteiger partial charge in [0.2, 0.25) is 0 Å². The minimum absolute atomic E-state index is 0.0400. The number of nitrogens with one attached hydrogen (secondary N) is 1. The summed E-state index contributed by atoms with van der Waals surface area (Å²) in [7, 11) is 0. The summed E-state index contributed by atoms with van der Waals surface area (Å²) in [6.45, 7) is 3.36. The second kappa shape index (κ2) is 9.15. The van der Waals surface area contributed by atoms with Gasteiger partial charge in [0.05, 0.1) is 32.2 Å². The monoisotopic (exact) mass is 500 g/mol. The highest BCUT2D eigenvalue weighted by Crippen LogP contribution is 2.42. The molecule has 0 saturated heterocycles. The van der Waals surface area contributed by atoms with Crippen LogP contribution in [-0.4, -0.2) is 19.0 Å². The Morgan fingerprint density at radius 1 is 1.06 bits per heavy atom. The molecule has 1 aromatic heterocycles. The lowest BCUT2D eigenvalue weighted by Crippen LogP contribution is -2.48. The molecule has 31 heavy (non-hydrogen) atoms. The van der Waals surface area contributed by atoms with E-state index in [0.717, 1.165) is 20.9 Å². The highest BCUT2D eigenvalue weighted by Gasteiger charge is 2.18. The Hall–Kier alpha value is -2.79. The minimum Gasteiger partial charge on any atom is -0.258 e. The van der Waals surface area contributed by atoms with Crippen molar-refractivity contribution in [2.24, 2.45) is 0 Å². The van der Waals surface area contributed by atoms with E-state index in [9.17, 15) is 24.5 Å². The van der Waals surface area contributed by atoms with Crippen molar-refractivity contribution in [3.8, 4) is 5.69 Å². The molecule has 0 atom stereocenters. The van der Waals surface area contributed by atoms with Crippen molar-refractivity contribution >= 4 is 52.3 Å². The summed E-state index contributed by atoms with van der Waals surface area (Å²) >= 11 is 19.8. The Balaban J connectivity index is 2.09. The normalized spacial score (nSPS) is 10.8. The number of aromatic amines is 1. The number of aromatic nitrogens is 3. The van der Waals surface area contributed by atoms with E-state index in [1.54, 1.807) is 0 Å². The zero-order valence-electron chi connectivity index (χ0n) is 15.3. The van der Waals surface area contributed by atoms with Crippen LogP contribution in [0.4, 0.5) is 5.69 Å². The Kier molecular flexibility index (Phi) is 6.75. The van der Waals surface area contributed by atoms with Gasteiger partial charge in [-0.15, -0.1) is 6.58 Å². The molecule has 0 unspecified atom stereocenters. The predicted octanol–water partition coefficient (Wildman–Crippen LogP) is 3.89. The zero-order valence-corrected chi connectivity index (χ0v) is 18.4. The molecule has 2 aromatic carbocycles. The van der Waals surface area contributed by atoms with Crippen LogP contribution in [0.2, 0.25) is 15.1 Å². The molecule has 0 bridgehead atoms. The number of allylic oxidation sites excluding steroid dienone is 1. The van der Waals surface area contributed by atoms with E-state index in [1.165, 1.54) is 36.4 Å². The van der Waals surface area contributed by atoms with Crippen molar-refractivity contribution in [1.29, 1.82) is 0 Å². The maximum atomic E-state index is 12.6. The lowest BCUT2D eigenvalue weighted by atomic mass is 10.3. The van der Waals surface area contributed by atoms with Crippen LogP contribution < -0.4 is 17.1 Å². The number of hydrogen-bond donors (Lipinski definition) is 1. The van der Waals surface area contributed by atoms with Crippen LogP contribution in [0.25, 0.3) is 5.69 Å². The van der Waals surface area contributed by atoms with E-state index in [1.807, 2.05) is 4.98 Å². The quantitative estimate of drug-likeness (QED) is 0.311. The average molecular weight is 502 g/mol. The smallest absolute Gasteiger partial charge is 0.258 e. The van der Waals surface area contributed by atoms with Gasteiger partial charge in [-0.2, -0.15) is 0 Å². The highest BCUT2D eigenvalue weighted by atomic mass is 35.5. The fourth-order valence-corrected chi connectivity index (χ4v) is 4.42. The van der Waals surface area contributed by atoms with Crippen LogP contribution in [0.5, 0.6) is 0 Å². The van der Waals surface area contributed by atoms with Crippen molar-refractivity contribution in [3.05, 3.63) is 99.6 Å². The molecular formula is C18H11Cl3N4O5S. The van der Waals surface area contributed by atoms with E-state index in [2.05, 4.69) is 6.58 Å². The number of nitro groups is 1. The number of nitro benzene ring substituents is 1. The van der Waals surface area contributed by atoms with Gasteiger partial charge in [-0.1, -0.05) is 52.6 Å². The second-order valence-corrected chi connectivity index (χ2v) is 8.24. The van der Waals surface area contributed by atoms with Crippen LogP contribution in [0.15, 0.2) is 67.2 Å². The molecule has 0 saturated carbocycles. The summed E-state index contributed by atoms with van der Waals surface area (Å²) in [5.41, 5.74) is -2.85. The number of halogens is 3. The standard InChI is InChI=1S/C18H11Cl3N4O5S/c1-2-5-23-16(26)22-17(27)24(18(23)28)10-7-12(20)15(13(21)8-10)31-14-4-3-9(25(29)30)6-11(14)19/h2-4,6-8H,1,5H2,(H,22,26,27). The summed E-state index contributed by atoms with van der Waals surface area (Å²) < 4.78 is 1.51. The maximum absolute atomic E-state index is 12.6. The van der Waals surface area contributed by atoms with Gasteiger partial charge >= 0.3 is 17.1 Å². The first-order valence-corrected chi connectivity index (χ1v) is 10.3. The van der Waals surface area contributed by atoms with Crippen molar-refractivity contribution in [2.75, 3.05) is 0 Å². The Morgan fingerprint density at radius 3 is 2.26 bits per heavy atom. The molecule has 0 aliphatic rings. The van der Waals surface area contributed by atoms with Crippen LogP contribution in [0.1, 0.15) is 0 Å². The fraction of sp³-hybridized carbons (Fsp3) is 0.0556. The molecule has 160 valence electrons. The predicted molar refractivity (Wildman–Crippen MR) is 119 cm³/mol. The molecule has 0 fully saturated rings. The number of rotatable bonds is 6. The molecule has 3 rings (SSSR count). The zero-order chi connectivity index (χ0) is 22.9. The summed E-state index contributed by atoms with van der Waals surface area (Å²) in [6.07, 6.45) is 1.33. The van der Waals surface area contributed by atoms with Crippen LogP contribution in [0.3, 0.4) is 0 Å². The van der Waals surface area contributed by atoms with Gasteiger partial charge in [0.25, 0.3) is 5.69 Å². The van der Waals surface area contributed by atoms with E-state index < -0.39 is 22.0 Å². The molecule has 0 radical (unpaired) electrons. The van der Waals surface area contributed by atoms with E-state index >= 15 is 0 Å². The maximum Gasteiger partial charge on any atom is 0.341 e. The first-order chi connectivity index (χ1) is 14.6. The lowest BCUT2D eigenvalue weighted by Gasteiger charge is -2.12. The average Bonchev–Trinajstić information content (AvgIpc) is 2.68. The number of nitrogens with zero attached hydrogens (tertiary/aromatic N) is 3. The Morgan fingerprint density at radius 2 is 1.71 bits per heavy atom. The number of H-pyrrole nitrogens is 1. The van der Waals surface area contributed by atoms with Crippen molar-refractivity contribution < 1.29 is 4.92 Å². The van der Waals surface area contributed by atoms with Crippen molar-refractivity contribution in [1.82, 2.24) is 14.1 Å². The minimum atomic E-state index is -0.957. The van der Waals surface area contributed by atoms with Crippen LogP contribution >= 0.6 is 46.6 Å². The SMILES string of the molecule is C=CCn1c(=O)[nH]c(=O)n(-c2cc(Cl)c(Sc3ccc([N+](=O)[O-])cc3Cl)c(Cl)c2)c1=O. The molecule has 3 aromatic rings. The molecule has 0 aliphatic heterocycles. The molecule has 1 N–H and O–H groups in total. The van der Waals surface area contributed by atoms with E-state index in [4.69, 9.17) is 34.8 Å². The van der Waals surface area contributed by atoms with Gasteiger partial charge in [-0.3, -0.25) is 15.1 Å². The summed E-state index contributed by atoms with van der Waals surface area (Å²) in [6, 6.07) is 6.59. The van der Waals surface area contributed by atoms with Gasteiger partial charge in [0.15, 0.2) is 0 Å². The van der Waals surface area contributed by atoms with Crippen LogP contribution in [-0.2, 0) is 6.54 Å². The van der Waals surface area contributed by atoms with Gasteiger partial charge in [-0.05, 0) is 18.2 Å². The van der Waals surface area contributed by atoms with Crippen molar-refractivity contribution in [2.45, 2.75) is 16.3 Å². The van der Waals surface area contributed by atoms with Crippen LogP contribution in [0, 0.1) is 10.1 Å². The van der Waals surface area contributed by atoms with E-state index in [-0.39, 0.29) is 33.0 Å². The molecule has 0 spiro atoms. The fourth-order valence-electron chi connectivity index (χ4n) is 2.60. The summed E-state index contributed by atoms with van der Waals surface area (Å²) in [5, 5.41) is 11.2.